The van der Waals surface area contributed by atoms with Gasteiger partial charge in [-0.1, -0.05) is 18.2 Å². The van der Waals surface area contributed by atoms with Gasteiger partial charge in [-0.3, -0.25) is 0 Å². The number of carbonyl (C=O) groups is 2. The number of carbonyl (C=O) groups excluding carboxylic acids is 1. The molecule has 1 aromatic rings. The third kappa shape index (κ3) is 3.54. The van der Waals surface area contributed by atoms with E-state index in [9.17, 15) is 14.7 Å². The molecule has 0 spiro atoms. The molecule has 0 saturated carbocycles. The molecule has 1 aliphatic heterocycles. The van der Waals surface area contributed by atoms with E-state index < -0.39 is 11.6 Å². The number of hydrogen-bond acceptors (Lipinski definition) is 3. The van der Waals surface area contributed by atoms with Crippen LogP contribution in [0.15, 0.2) is 24.3 Å². The number of hydrogen-bond donors (Lipinski definition) is 1. The molecule has 1 saturated heterocycles. The molecule has 0 unspecified atom stereocenters. The van der Waals surface area contributed by atoms with Gasteiger partial charge in [0.15, 0.2) is 0 Å². The first-order valence-electron chi connectivity index (χ1n) is 7.11. The SMILES string of the molecule is CC(C)(C)OC(=O)N1CCC[C@H]1c1ccccc1C(=O)O. The first-order valence-corrected chi connectivity index (χ1v) is 7.11. The number of carboxylic acids is 1. The van der Waals surface area contributed by atoms with Crippen molar-refractivity contribution in [3.63, 3.8) is 0 Å². The zero-order valence-electron chi connectivity index (χ0n) is 12.6. The van der Waals surface area contributed by atoms with Crippen LogP contribution in [0.2, 0.25) is 0 Å². The molecule has 1 heterocycles. The number of aromatic carboxylic acids is 1. The van der Waals surface area contributed by atoms with Crippen molar-refractivity contribution in [2.45, 2.75) is 45.3 Å². The minimum atomic E-state index is -0.971. The summed E-state index contributed by atoms with van der Waals surface area (Å²) >= 11 is 0. The first kappa shape index (κ1) is 15.4. The predicted octanol–water partition coefficient (Wildman–Crippen LogP) is 3.46. The number of carboxylic acid groups (broad SMARTS) is 1. The van der Waals surface area contributed by atoms with Crippen molar-refractivity contribution in [2.24, 2.45) is 0 Å². The van der Waals surface area contributed by atoms with Crippen LogP contribution in [-0.4, -0.2) is 34.2 Å². The van der Waals surface area contributed by atoms with Crippen molar-refractivity contribution in [2.75, 3.05) is 6.54 Å². The molecule has 0 aliphatic carbocycles. The molecule has 2 rings (SSSR count). The van der Waals surface area contributed by atoms with Crippen LogP contribution < -0.4 is 0 Å². The van der Waals surface area contributed by atoms with Gasteiger partial charge in [0, 0.05) is 6.54 Å². The van der Waals surface area contributed by atoms with Crippen LogP contribution in [0, 0.1) is 0 Å². The average Bonchev–Trinajstić information content (AvgIpc) is 2.85. The molecule has 0 radical (unpaired) electrons. The molecular weight excluding hydrogens is 270 g/mol. The Hall–Kier alpha value is -2.04. The molecule has 1 N–H and O–H groups in total. The van der Waals surface area contributed by atoms with E-state index in [0.717, 1.165) is 12.8 Å². The highest BCUT2D eigenvalue weighted by Crippen LogP contribution is 2.34. The smallest absolute Gasteiger partial charge is 0.410 e. The maximum Gasteiger partial charge on any atom is 0.410 e. The molecule has 1 amide bonds. The average molecular weight is 291 g/mol. The molecular formula is C16H21NO4. The number of nitrogens with zero attached hydrogens (tertiary/aromatic N) is 1. The molecule has 1 atom stereocenters. The highest BCUT2D eigenvalue weighted by atomic mass is 16.6. The van der Waals surface area contributed by atoms with Crippen LogP contribution in [0.25, 0.3) is 0 Å². The highest BCUT2D eigenvalue weighted by Gasteiger charge is 2.34. The van der Waals surface area contributed by atoms with E-state index in [1.165, 1.54) is 0 Å². The van der Waals surface area contributed by atoms with E-state index in [2.05, 4.69) is 0 Å². The second-order valence-electron chi connectivity index (χ2n) is 6.22. The third-order valence-corrected chi connectivity index (χ3v) is 3.43. The quantitative estimate of drug-likeness (QED) is 0.906. The topological polar surface area (TPSA) is 66.8 Å². The van der Waals surface area contributed by atoms with E-state index in [0.29, 0.717) is 12.1 Å². The van der Waals surface area contributed by atoms with Gasteiger partial charge >= 0.3 is 12.1 Å². The van der Waals surface area contributed by atoms with E-state index in [1.54, 1.807) is 29.2 Å². The number of ether oxygens (including phenoxy) is 1. The normalized spacial score (nSPS) is 18.6. The monoisotopic (exact) mass is 291 g/mol. The van der Waals surface area contributed by atoms with Crippen molar-refractivity contribution >= 4 is 12.1 Å². The number of likely N-dealkylation sites (tertiary alicyclic amines) is 1. The molecule has 0 aromatic heterocycles. The molecule has 5 heteroatoms. The largest absolute Gasteiger partial charge is 0.478 e. The summed E-state index contributed by atoms with van der Waals surface area (Å²) in [5.41, 5.74) is 0.364. The molecule has 0 bridgehead atoms. The van der Waals surface area contributed by atoms with Crippen LogP contribution in [-0.2, 0) is 4.74 Å². The summed E-state index contributed by atoms with van der Waals surface area (Å²) in [6, 6.07) is 6.61. The lowest BCUT2D eigenvalue weighted by molar-refractivity contribution is 0.0222. The van der Waals surface area contributed by atoms with Crippen LogP contribution in [0.3, 0.4) is 0 Å². The molecule has 5 nitrogen and oxygen atoms in total. The highest BCUT2D eigenvalue weighted by molar-refractivity contribution is 5.89. The van der Waals surface area contributed by atoms with Crippen LogP contribution in [0.4, 0.5) is 4.79 Å². The standard InChI is InChI=1S/C16H21NO4/c1-16(2,3)21-15(20)17-10-6-9-13(17)11-7-4-5-8-12(11)14(18)19/h4-5,7-8,13H,6,9-10H2,1-3H3,(H,18,19)/t13-/m0/s1. The fourth-order valence-corrected chi connectivity index (χ4v) is 2.61. The fourth-order valence-electron chi connectivity index (χ4n) is 2.61. The van der Waals surface area contributed by atoms with Gasteiger partial charge in [-0.15, -0.1) is 0 Å². The van der Waals surface area contributed by atoms with Gasteiger partial charge in [-0.05, 0) is 45.2 Å². The Morgan fingerprint density at radius 1 is 1.29 bits per heavy atom. The zero-order valence-corrected chi connectivity index (χ0v) is 12.6. The van der Waals surface area contributed by atoms with Gasteiger partial charge in [0.1, 0.15) is 5.60 Å². The van der Waals surface area contributed by atoms with E-state index in [4.69, 9.17) is 4.74 Å². The maximum absolute atomic E-state index is 12.3. The van der Waals surface area contributed by atoms with Crippen LogP contribution in [0.5, 0.6) is 0 Å². The number of rotatable bonds is 2. The molecule has 1 fully saturated rings. The van der Waals surface area contributed by atoms with Crippen molar-refractivity contribution < 1.29 is 19.4 Å². The summed E-state index contributed by atoms with van der Waals surface area (Å²) in [5, 5.41) is 9.30. The van der Waals surface area contributed by atoms with Crippen LogP contribution >= 0.6 is 0 Å². The van der Waals surface area contributed by atoms with Gasteiger partial charge in [0.05, 0.1) is 11.6 Å². The maximum atomic E-state index is 12.3. The van der Waals surface area contributed by atoms with E-state index in [1.807, 2.05) is 20.8 Å². The lowest BCUT2D eigenvalue weighted by atomic mass is 9.98. The Balaban J connectivity index is 2.27. The summed E-state index contributed by atoms with van der Waals surface area (Å²) in [4.78, 5) is 25.3. The Kier molecular flexibility index (Phi) is 4.21. The summed E-state index contributed by atoms with van der Waals surface area (Å²) < 4.78 is 5.41. The fraction of sp³-hybridized carbons (Fsp3) is 0.500. The Morgan fingerprint density at radius 2 is 1.95 bits per heavy atom. The van der Waals surface area contributed by atoms with E-state index >= 15 is 0 Å². The Bertz CT molecular complexity index is 547. The van der Waals surface area contributed by atoms with Gasteiger partial charge in [-0.2, -0.15) is 0 Å². The molecule has 1 aromatic carbocycles. The summed E-state index contributed by atoms with van der Waals surface area (Å²) in [6.07, 6.45) is 1.21. The van der Waals surface area contributed by atoms with Gasteiger partial charge in [0.2, 0.25) is 0 Å². The van der Waals surface area contributed by atoms with Crippen molar-refractivity contribution in [1.29, 1.82) is 0 Å². The zero-order chi connectivity index (χ0) is 15.6. The van der Waals surface area contributed by atoms with Crippen molar-refractivity contribution in [3.8, 4) is 0 Å². The van der Waals surface area contributed by atoms with E-state index in [-0.39, 0.29) is 17.7 Å². The summed E-state index contributed by atoms with van der Waals surface area (Å²) in [5.74, 6) is -0.971. The van der Waals surface area contributed by atoms with Crippen LogP contribution in [0.1, 0.15) is 55.6 Å². The Labute approximate surface area is 124 Å². The minimum absolute atomic E-state index is 0.229. The lowest BCUT2D eigenvalue weighted by Gasteiger charge is -2.29. The number of benzene rings is 1. The lowest BCUT2D eigenvalue weighted by Crippen LogP contribution is -2.36. The summed E-state index contributed by atoms with van der Waals surface area (Å²) in [6.45, 7) is 6.05. The van der Waals surface area contributed by atoms with Gasteiger partial charge in [0.25, 0.3) is 0 Å². The Morgan fingerprint density at radius 3 is 2.57 bits per heavy atom. The van der Waals surface area contributed by atoms with Gasteiger partial charge in [-0.25, -0.2) is 9.59 Å². The summed E-state index contributed by atoms with van der Waals surface area (Å²) in [7, 11) is 0. The molecule has 21 heavy (non-hydrogen) atoms. The second-order valence-corrected chi connectivity index (χ2v) is 6.22. The second kappa shape index (κ2) is 5.76. The van der Waals surface area contributed by atoms with Gasteiger partial charge < -0.3 is 14.7 Å². The first-order chi connectivity index (χ1) is 9.79. The predicted molar refractivity (Wildman–Crippen MR) is 78.3 cm³/mol. The van der Waals surface area contributed by atoms with Crippen molar-refractivity contribution in [1.82, 2.24) is 4.90 Å². The minimum Gasteiger partial charge on any atom is -0.478 e. The number of amides is 1. The molecule has 114 valence electrons. The third-order valence-electron chi connectivity index (χ3n) is 3.43. The van der Waals surface area contributed by atoms with Crippen molar-refractivity contribution in [3.05, 3.63) is 35.4 Å². The molecule has 1 aliphatic rings.